The van der Waals surface area contributed by atoms with Crippen LogP contribution in [0.25, 0.3) is 0 Å². The first-order chi connectivity index (χ1) is 6.75. The molecule has 0 heterocycles. The molecule has 1 fully saturated rings. The summed E-state index contributed by atoms with van der Waals surface area (Å²) < 4.78 is 4.78. The van der Waals surface area contributed by atoms with Crippen LogP contribution in [0.1, 0.15) is 19.8 Å². The monoisotopic (exact) mass is 192 g/mol. The topological polar surface area (TPSA) is 26.3 Å². The van der Waals surface area contributed by atoms with Crippen molar-refractivity contribution < 1.29 is 9.53 Å². The molecule has 3 atom stereocenters. The molecule has 0 amide bonds. The zero-order valence-corrected chi connectivity index (χ0v) is 8.69. The van der Waals surface area contributed by atoms with Crippen molar-refractivity contribution in [3.8, 4) is 0 Å². The minimum atomic E-state index is -0.0436. The Hall–Kier alpha value is -1.05. The van der Waals surface area contributed by atoms with Crippen LogP contribution in [0.4, 0.5) is 0 Å². The lowest BCUT2D eigenvalue weighted by molar-refractivity contribution is -0.142. The molecule has 0 saturated heterocycles. The zero-order chi connectivity index (χ0) is 10.1. The first-order valence-electron chi connectivity index (χ1n) is 5.19. The van der Waals surface area contributed by atoms with Gasteiger partial charge in [-0.2, -0.15) is 0 Å². The maximum atomic E-state index is 11.4. The number of carbonyl (C=O) groups excluding carboxylic acids is 1. The van der Waals surface area contributed by atoms with Gasteiger partial charge in [0.05, 0.1) is 13.0 Å². The van der Waals surface area contributed by atoms with Crippen molar-refractivity contribution in [3.05, 3.63) is 23.8 Å². The lowest BCUT2D eigenvalue weighted by Gasteiger charge is -2.07. The molecule has 0 N–H and O–H groups in total. The number of rotatable bonds is 2. The second kappa shape index (κ2) is 3.60. The molecule has 0 spiro atoms. The maximum Gasteiger partial charge on any atom is 0.309 e. The van der Waals surface area contributed by atoms with Gasteiger partial charge in [0, 0.05) is 0 Å². The van der Waals surface area contributed by atoms with Gasteiger partial charge in [-0.3, -0.25) is 4.79 Å². The van der Waals surface area contributed by atoms with Gasteiger partial charge in [-0.25, -0.2) is 0 Å². The molecular formula is C12H16O2. The molecular weight excluding hydrogens is 176 g/mol. The third-order valence-corrected chi connectivity index (χ3v) is 3.33. The predicted molar refractivity (Wildman–Crippen MR) is 54.6 cm³/mol. The fraction of sp³-hybridized carbons (Fsp3) is 0.583. The fourth-order valence-corrected chi connectivity index (χ4v) is 2.43. The van der Waals surface area contributed by atoms with Crippen LogP contribution in [-0.4, -0.2) is 13.1 Å². The Kier molecular flexibility index (Phi) is 2.44. The Balaban J connectivity index is 2.04. The van der Waals surface area contributed by atoms with E-state index in [9.17, 15) is 4.79 Å². The Labute approximate surface area is 84.6 Å². The molecule has 0 aliphatic heterocycles. The van der Waals surface area contributed by atoms with Crippen LogP contribution < -0.4 is 0 Å². The van der Waals surface area contributed by atoms with Gasteiger partial charge in [-0.15, -0.1) is 0 Å². The smallest absolute Gasteiger partial charge is 0.309 e. The van der Waals surface area contributed by atoms with E-state index in [0.29, 0.717) is 11.8 Å². The van der Waals surface area contributed by atoms with Crippen molar-refractivity contribution in [3.63, 3.8) is 0 Å². The van der Waals surface area contributed by atoms with E-state index in [1.54, 1.807) is 0 Å². The average Bonchev–Trinajstić information content (AvgIpc) is 2.90. The number of carbonyl (C=O) groups is 1. The van der Waals surface area contributed by atoms with Gasteiger partial charge in [0.1, 0.15) is 0 Å². The molecule has 0 aromatic carbocycles. The normalized spacial score (nSPS) is 35.0. The Morgan fingerprint density at radius 3 is 2.93 bits per heavy atom. The van der Waals surface area contributed by atoms with Gasteiger partial charge in [0.25, 0.3) is 0 Å². The Morgan fingerprint density at radius 1 is 1.57 bits per heavy atom. The standard InChI is InChI=1S/C12H16O2/c1-8-10(11(8)12(13)14-2)9-6-4-3-5-7-9/h3-4,6,8,10-11H,5,7H2,1-2H3/t8?,10?,11-/m1/s1. The zero-order valence-electron chi connectivity index (χ0n) is 8.69. The van der Waals surface area contributed by atoms with Gasteiger partial charge >= 0.3 is 5.97 Å². The highest BCUT2D eigenvalue weighted by Crippen LogP contribution is 2.52. The fourth-order valence-electron chi connectivity index (χ4n) is 2.43. The molecule has 0 radical (unpaired) electrons. The molecule has 2 unspecified atom stereocenters. The molecule has 0 bridgehead atoms. The first kappa shape index (κ1) is 9.50. The third kappa shape index (κ3) is 1.49. The van der Waals surface area contributed by atoms with Crippen LogP contribution in [0.5, 0.6) is 0 Å². The van der Waals surface area contributed by atoms with Crippen LogP contribution in [0, 0.1) is 17.8 Å². The summed E-state index contributed by atoms with van der Waals surface area (Å²) in [5.41, 5.74) is 1.43. The molecule has 2 aliphatic rings. The quantitative estimate of drug-likeness (QED) is 0.628. The van der Waals surface area contributed by atoms with E-state index in [-0.39, 0.29) is 11.9 Å². The van der Waals surface area contributed by atoms with Gasteiger partial charge in [0.15, 0.2) is 0 Å². The first-order valence-corrected chi connectivity index (χ1v) is 5.19. The predicted octanol–water partition coefficient (Wildman–Crippen LogP) is 2.32. The summed E-state index contributed by atoms with van der Waals surface area (Å²) in [6.07, 6.45) is 8.65. The van der Waals surface area contributed by atoms with E-state index in [2.05, 4.69) is 25.2 Å². The number of hydrogen-bond donors (Lipinski definition) is 0. The highest BCUT2D eigenvalue weighted by molar-refractivity contribution is 5.77. The molecule has 76 valence electrons. The number of allylic oxidation sites excluding steroid dienone is 4. The van der Waals surface area contributed by atoms with Crippen LogP contribution >= 0.6 is 0 Å². The summed E-state index contributed by atoms with van der Waals surface area (Å²) in [5, 5.41) is 0. The number of methoxy groups -OCH3 is 1. The summed E-state index contributed by atoms with van der Waals surface area (Å²) in [6, 6.07) is 0. The van der Waals surface area contributed by atoms with Crippen molar-refractivity contribution in [2.45, 2.75) is 19.8 Å². The van der Waals surface area contributed by atoms with Crippen LogP contribution in [0.3, 0.4) is 0 Å². The molecule has 2 heteroatoms. The van der Waals surface area contributed by atoms with Crippen molar-refractivity contribution in [1.82, 2.24) is 0 Å². The minimum Gasteiger partial charge on any atom is -0.469 e. The molecule has 2 aliphatic carbocycles. The van der Waals surface area contributed by atoms with E-state index in [0.717, 1.165) is 12.8 Å². The van der Waals surface area contributed by atoms with E-state index in [4.69, 9.17) is 4.74 Å². The molecule has 2 nitrogen and oxygen atoms in total. The Bertz CT molecular complexity index is 301. The lowest BCUT2D eigenvalue weighted by Crippen LogP contribution is -2.06. The summed E-state index contributed by atoms with van der Waals surface area (Å²) in [5.74, 6) is 1.00. The summed E-state index contributed by atoms with van der Waals surface area (Å²) in [6.45, 7) is 2.13. The van der Waals surface area contributed by atoms with Gasteiger partial charge in [-0.05, 0) is 24.7 Å². The van der Waals surface area contributed by atoms with Crippen LogP contribution in [0.2, 0.25) is 0 Å². The lowest BCUT2D eigenvalue weighted by atomic mass is 9.99. The maximum absolute atomic E-state index is 11.4. The molecule has 14 heavy (non-hydrogen) atoms. The Morgan fingerprint density at radius 2 is 2.36 bits per heavy atom. The van der Waals surface area contributed by atoms with Gasteiger partial charge in [-0.1, -0.05) is 30.7 Å². The minimum absolute atomic E-state index is 0.0436. The van der Waals surface area contributed by atoms with E-state index in [1.165, 1.54) is 12.7 Å². The highest BCUT2D eigenvalue weighted by Gasteiger charge is 2.53. The number of hydrogen-bond acceptors (Lipinski definition) is 2. The van der Waals surface area contributed by atoms with Crippen molar-refractivity contribution in [1.29, 1.82) is 0 Å². The van der Waals surface area contributed by atoms with Gasteiger partial charge in [0.2, 0.25) is 0 Å². The highest BCUT2D eigenvalue weighted by atomic mass is 16.5. The molecule has 2 rings (SSSR count). The summed E-state index contributed by atoms with van der Waals surface area (Å²) >= 11 is 0. The largest absolute Gasteiger partial charge is 0.469 e. The van der Waals surface area contributed by atoms with Crippen LogP contribution in [0.15, 0.2) is 23.8 Å². The second-order valence-electron chi connectivity index (χ2n) is 4.14. The molecule has 0 aromatic rings. The molecule has 0 aromatic heterocycles. The van der Waals surface area contributed by atoms with E-state index >= 15 is 0 Å². The summed E-state index contributed by atoms with van der Waals surface area (Å²) in [7, 11) is 1.47. The van der Waals surface area contributed by atoms with Crippen LogP contribution in [-0.2, 0) is 9.53 Å². The van der Waals surface area contributed by atoms with E-state index in [1.807, 2.05) is 0 Å². The summed E-state index contributed by atoms with van der Waals surface area (Å²) in [4.78, 5) is 11.4. The number of ether oxygens (including phenoxy) is 1. The average molecular weight is 192 g/mol. The van der Waals surface area contributed by atoms with E-state index < -0.39 is 0 Å². The third-order valence-electron chi connectivity index (χ3n) is 3.33. The number of esters is 1. The van der Waals surface area contributed by atoms with Crippen molar-refractivity contribution in [2.75, 3.05) is 7.11 Å². The second-order valence-corrected chi connectivity index (χ2v) is 4.14. The van der Waals surface area contributed by atoms with Crippen molar-refractivity contribution >= 4 is 5.97 Å². The van der Waals surface area contributed by atoms with Gasteiger partial charge < -0.3 is 4.74 Å². The molecule has 1 saturated carbocycles. The SMILES string of the molecule is COC(=O)[C@@H]1C(C)C1C1=CC=CCC1. The van der Waals surface area contributed by atoms with Crippen molar-refractivity contribution in [2.24, 2.45) is 17.8 Å².